The molecule has 0 unspecified atom stereocenters. The highest BCUT2D eigenvalue weighted by molar-refractivity contribution is 5.94. The van der Waals surface area contributed by atoms with E-state index in [1.54, 1.807) is 19.1 Å². The van der Waals surface area contributed by atoms with E-state index in [2.05, 4.69) is 78.9 Å². The maximum Gasteiger partial charge on any atom is 0.270 e. The third-order valence-corrected chi connectivity index (χ3v) is 7.73. The van der Waals surface area contributed by atoms with Crippen LogP contribution in [0, 0.1) is 5.92 Å². The molecule has 0 saturated heterocycles. The number of nitrogens with one attached hydrogen (secondary N) is 3. The highest BCUT2D eigenvalue weighted by Gasteiger charge is 2.23. The number of likely N-dealkylation sites (N-methyl/N-ethyl adjacent to an activating group) is 1. The summed E-state index contributed by atoms with van der Waals surface area (Å²) in [6.07, 6.45) is 11.9. The van der Waals surface area contributed by atoms with Gasteiger partial charge in [0.05, 0.1) is 0 Å². The lowest BCUT2D eigenvalue weighted by Gasteiger charge is -2.12. The van der Waals surface area contributed by atoms with Crippen LogP contribution in [0.25, 0.3) is 0 Å². The van der Waals surface area contributed by atoms with Crippen molar-refractivity contribution >= 4 is 18.2 Å². The summed E-state index contributed by atoms with van der Waals surface area (Å²) in [5.41, 5.74) is 3.79. The Morgan fingerprint density at radius 1 is 0.935 bits per heavy atom. The molecule has 1 aliphatic carbocycles. The first-order chi connectivity index (χ1) is 22.1. The van der Waals surface area contributed by atoms with Gasteiger partial charge in [-0.2, -0.15) is 0 Å². The third-order valence-electron chi connectivity index (χ3n) is 7.73. The fourth-order valence-corrected chi connectivity index (χ4v) is 4.95. The minimum atomic E-state index is -2.80. The molecule has 2 aromatic carbocycles. The second-order valence-electron chi connectivity index (χ2n) is 11.7. The number of alkyl halides is 2. The molecule has 258 valence electrons. The topological polar surface area (TPSA) is 65.5 Å². The number of aliphatic imine (C=N–C) groups is 1. The molecule has 46 heavy (non-hydrogen) atoms. The van der Waals surface area contributed by atoms with E-state index in [1.807, 2.05) is 13.1 Å². The van der Waals surface area contributed by atoms with Gasteiger partial charge in [0.25, 0.3) is 5.92 Å². The summed E-state index contributed by atoms with van der Waals surface area (Å²) in [6, 6.07) is 16.8. The first-order valence-electron chi connectivity index (χ1n) is 16.9. The molecule has 2 aromatic rings. The minimum Gasteiger partial charge on any atom is -0.385 e. The van der Waals surface area contributed by atoms with E-state index in [-0.39, 0.29) is 11.3 Å². The molecule has 5 nitrogen and oxygen atoms in total. The number of halogens is 2. The number of hydrogen-bond acceptors (Lipinski definition) is 5. The number of carbonyl (C=O) groups excluding carboxylic acids is 1. The predicted molar refractivity (Wildman–Crippen MR) is 196 cm³/mol. The van der Waals surface area contributed by atoms with Gasteiger partial charge in [-0.15, -0.1) is 13.2 Å². The van der Waals surface area contributed by atoms with Gasteiger partial charge >= 0.3 is 0 Å². The van der Waals surface area contributed by atoms with Crippen LogP contribution >= 0.6 is 0 Å². The van der Waals surface area contributed by atoms with E-state index >= 15 is 0 Å². The lowest BCUT2D eigenvalue weighted by Crippen LogP contribution is -2.19. The highest BCUT2D eigenvalue weighted by Crippen LogP contribution is 2.27. The summed E-state index contributed by atoms with van der Waals surface area (Å²) in [5.74, 6) is -1.72. The van der Waals surface area contributed by atoms with Crippen molar-refractivity contribution in [3.8, 4) is 0 Å². The summed E-state index contributed by atoms with van der Waals surface area (Å²) in [5, 5.41) is 9.68. The summed E-state index contributed by atoms with van der Waals surface area (Å²) < 4.78 is 26.4. The molecule has 0 spiro atoms. The minimum absolute atomic E-state index is 0.0326. The van der Waals surface area contributed by atoms with Crippen LogP contribution in [0.4, 0.5) is 14.5 Å². The van der Waals surface area contributed by atoms with Crippen LogP contribution in [0.1, 0.15) is 96.6 Å². The Morgan fingerprint density at radius 2 is 1.52 bits per heavy atom. The number of unbranched alkanes of at least 4 members (excludes halogenated alkanes) is 2. The van der Waals surface area contributed by atoms with Crippen LogP contribution in [-0.4, -0.2) is 45.7 Å². The van der Waals surface area contributed by atoms with Gasteiger partial charge in [0, 0.05) is 42.5 Å². The smallest absolute Gasteiger partial charge is 0.270 e. The van der Waals surface area contributed by atoms with Crippen LogP contribution in [-0.2, 0) is 17.1 Å². The number of Topliss-reactive ketones (excluding diaryl/α,β-unsaturated/α-hetero) is 1. The number of aryl methyl sites for hydroxylation is 1. The molecule has 0 aromatic heterocycles. The van der Waals surface area contributed by atoms with E-state index in [0.717, 1.165) is 82.4 Å². The fourth-order valence-electron chi connectivity index (χ4n) is 4.95. The first-order valence-corrected chi connectivity index (χ1v) is 16.9. The molecule has 0 aliphatic heterocycles. The highest BCUT2D eigenvalue weighted by atomic mass is 19.3. The number of nitrogens with zero attached hydrogens (tertiary/aromatic N) is 1. The Balaban J connectivity index is 0.00000102. The third kappa shape index (κ3) is 20.8. The van der Waals surface area contributed by atoms with Gasteiger partial charge < -0.3 is 16.0 Å². The van der Waals surface area contributed by atoms with Crippen molar-refractivity contribution in [2.75, 3.05) is 38.5 Å². The van der Waals surface area contributed by atoms with Crippen molar-refractivity contribution in [2.24, 2.45) is 10.9 Å². The Hall–Kier alpha value is -3.16. The molecule has 0 bridgehead atoms. The van der Waals surface area contributed by atoms with Gasteiger partial charge in [0.1, 0.15) is 0 Å². The standard InChI is InChI=1S/C23H36F2N4O.C8H10.C6H12.C2H4/c1-18(30)21(17-26-3)22(27-4)9-8-15-28-14-6-5-7-16-29-20-12-10-19(11-13-20)23(2,24)25;1-2-8-6-4-3-5-7-8;1-6-4-2-3-5-6;1-2/h10-13,26,28-29H,4-9,14-17H2,1-3H3;3-7H,2H2,1H3;6H,2-5H2,1H3;1-2H2/b22-21-;;;. The van der Waals surface area contributed by atoms with Gasteiger partial charge in [-0.3, -0.25) is 9.79 Å². The summed E-state index contributed by atoms with van der Waals surface area (Å²) in [7, 11) is 1.81. The lowest BCUT2D eigenvalue weighted by atomic mass is 10.1. The maximum atomic E-state index is 13.2. The Labute approximate surface area is 279 Å². The van der Waals surface area contributed by atoms with E-state index < -0.39 is 5.92 Å². The van der Waals surface area contributed by atoms with Crippen molar-refractivity contribution in [2.45, 2.75) is 97.8 Å². The fraction of sp³-hybridized carbons (Fsp3) is 0.538. The average molecular weight is 641 g/mol. The van der Waals surface area contributed by atoms with Crippen LogP contribution in [0.15, 0.2) is 84.0 Å². The maximum absolute atomic E-state index is 13.2. The molecule has 1 saturated carbocycles. The molecule has 0 amide bonds. The van der Waals surface area contributed by atoms with Crippen LogP contribution < -0.4 is 16.0 Å². The lowest BCUT2D eigenvalue weighted by molar-refractivity contribution is -0.113. The van der Waals surface area contributed by atoms with Crippen molar-refractivity contribution in [1.82, 2.24) is 10.6 Å². The van der Waals surface area contributed by atoms with Crippen molar-refractivity contribution in [3.05, 3.63) is 90.2 Å². The number of benzene rings is 2. The predicted octanol–water partition coefficient (Wildman–Crippen LogP) is 9.76. The van der Waals surface area contributed by atoms with E-state index in [4.69, 9.17) is 0 Å². The second-order valence-corrected chi connectivity index (χ2v) is 11.7. The van der Waals surface area contributed by atoms with Crippen molar-refractivity contribution in [1.29, 1.82) is 0 Å². The van der Waals surface area contributed by atoms with Gasteiger partial charge in [-0.1, -0.05) is 88.4 Å². The van der Waals surface area contributed by atoms with Gasteiger partial charge in [-0.05, 0) is 89.5 Å². The van der Waals surface area contributed by atoms with Gasteiger partial charge in [0.2, 0.25) is 0 Å². The molecule has 7 heteroatoms. The second kappa shape index (κ2) is 27.0. The molecule has 0 heterocycles. The number of rotatable bonds is 17. The van der Waals surface area contributed by atoms with Gasteiger partial charge in [-0.25, -0.2) is 8.78 Å². The van der Waals surface area contributed by atoms with E-state index in [1.165, 1.54) is 43.4 Å². The Bertz CT molecular complexity index is 1080. The number of ketones is 1. The normalized spacial score (nSPS) is 13.1. The largest absolute Gasteiger partial charge is 0.385 e. The molecule has 1 fully saturated rings. The van der Waals surface area contributed by atoms with Crippen LogP contribution in [0.3, 0.4) is 0 Å². The SMILES string of the molecule is C=C.C=N/C(CCCNCCCCCNc1ccc(C(C)(F)F)cc1)=C(/CNC)C(C)=O.CC1CCCC1.CCc1ccccc1. The quantitative estimate of drug-likeness (QED) is 0.0697. The molecular formula is C39H62F2N4O. The molecule has 0 radical (unpaired) electrons. The van der Waals surface area contributed by atoms with Crippen molar-refractivity contribution < 1.29 is 13.6 Å². The molecular weight excluding hydrogens is 578 g/mol. The average Bonchev–Trinajstić information content (AvgIpc) is 3.55. The summed E-state index contributed by atoms with van der Waals surface area (Å²) in [4.78, 5) is 15.7. The molecule has 3 N–H and O–H groups in total. The number of anilines is 1. The van der Waals surface area contributed by atoms with E-state index in [0.29, 0.717) is 12.1 Å². The Kier molecular flexibility index (Phi) is 25.1. The molecule has 3 rings (SSSR count). The number of carbonyl (C=O) groups is 1. The molecule has 0 atom stereocenters. The van der Waals surface area contributed by atoms with Gasteiger partial charge in [0.15, 0.2) is 5.78 Å². The van der Waals surface area contributed by atoms with Crippen LogP contribution in [0.5, 0.6) is 0 Å². The zero-order valence-electron chi connectivity index (χ0n) is 29.4. The monoisotopic (exact) mass is 640 g/mol. The summed E-state index contributed by atoms with van der Waals surface area (Å²) >= 11 is 0. The Morgan fingerprint density at radius 3 is 1.98 bits per heavy atom. The first kappa shape index (κ1) is 42.8. The molecule has 1 aliphatic rings. The van der Waals surface area contributed by atoms with E-state index in [9.17, 15) is 13.6 Å². The van der Waals surface area contributed by atoms with Crippen LogP contribution in [0.2, 0.25) is 0 Å². The number of hydrogen-bond donors (Lipinski definition) is 3. The zero-order chi connectivity index (χ0) is 34.6. The number of allylic oxidation sites excluding steroid dienone is 1. The summed E-state index contributed by atoms with van der Waals surface area (Å²) in [6.45, 7) is 19.7. The van der Waals surface area contributed by atoms with Crippen molar-refractivity contribution in [3.63, 3.8) is 0 Å². The zero-order valence-corrected chi connectivity index (χ0v) is 29.4.